The molecule has 1 unspecified atom stereocenters. The zero-order chi connectivity index (χ0) is 9.68. The molecule has 2 N–H and O–H groups in total. The van der Waals surface area contributed by atoms with Crippen LogP contribution < -0.4 is 5.73 Å². The van der Waals surface area contributed by atoms with E-state index in [0.717, 1.165) is 38.8 Å². The molecule has 0 aromatic rings. The van der Waals surface area contributed by atoms with Crippen molar-refractivity contribution in [3.8, 4) is 0 Å². The molecule has 0 saturated carbocycles. The number of likely N-dealkylation sites (tertiary alicyclic amines) is 1. The van der Waals surface area contributed by atoms with E-state index < -0.39 is 0 Å². The maximum absolute atomic E-state index is 11.4. The van der Waals surface area contributed by atoms with Gasteiger partial charge in [0.1, 0.15) is 0 Å². The molecule has 0 bridgehead atoms. The average Bonchev–Trinajstić information content (AvgIpc) is 2.08. The van der Waals surface area contributed by atoms with E-state index in [9.17, 15) is 4.79 Å². The number of hydrogen-bond acceptors (Lipinski definition) is 2. The van der Waals surface area contributed by atoms with Crippen LogP contribution in [0.2, 0.25) is 0 Å². The molecule has 0 aromatic heterocycles. The van der Waals surface area contributed by atoms with Gasteiger partial charge < -0.3 is 10.6 Å². The smallest absolute Gasteiger partial charge is 0.222 e. The summed E-state index contributed by atoms with van der Waals surface area (Å²) in [5.74, 6) is 0.330. The summed E-state index contributed by atoms with van der Waals surface area (Å²) < 4.78 is 0. The number of carbonyl (C=O) groups is 1. The van der Waals surface area contributed by atoms with Gasteiger partial charge in [-0.1, -0.05) is 0 Å². The molecular weight excluding hydrogens is 164 g/mol. The van der Waals surface area contributed by atoms with Crippen molar-refractivity contribution in [2.24, 2.45) is 5.73 Å². The Morgan fingerprint density at radius 1 is 1.54 bits per heavy atom. The molecule has 0 aromatic carbocycles. The third kappa shape index (κ3) is 3.77. The molecule has 76 valence electrons. The standard InChI is InChI=1S/C10H20N2O/c1-9(11)5-4-8-12-7-3-2-6-10(12)13/h9H,2-8,11H2,1H3. The first-order valence-electron chi connectivity index (χ1n) is 5.23. The molecule has 1 aliphatic rings. The number of amides is 1. The molecule has 1 fully saturated rings. The molecule has 1 rings (SSSR count). The number of carbonyl (C=O) groups excluding carboxylic acids is 1. The Labute approximate surface area is 80.3 Å². The van der Waals surface area contributed by atoms with Crippen molar-refractivity contribution >= 4 is 5.91 Å². The Hall–Kier alpha value is -0.570. The van der Waals surface area contributed by atoms with E-state index in [1.807, 2.05) is 11.8 Å². The lowest BCUT2D eigenvalue weighted by Crippen LogP contribution is -2.36. The van der Waals surface area contributed by atoms with E-state index in [1.165, 1.54) is 6.42 Å². The molecule has 1 saturated heterocycles. The number of hydrogen-bond donors (Lipinski definition) is 1. The Morgan fingerprint density at radius 2 is 2.31 bits per heavy atom. The van der Waals surface area contributed by atoms with Gasteiger partial charge in [-0.05, 0) is 32.6 Å². The summed E-state index contributed by atoms with van der Waals surface area (Å²) in [5.41, 5.74) is 5.64. The number of rotatable bonds is 4. The van der Waals surface area contributed by atoms with E-state index in [0.29, 0.717) is 5.91 Å². The summed E-state index contributed by atoms with van der Waals surface area (Å²) >= 11 is 0. The quantitative estimate of drug-likeness (QED) is 0.712. The lowest BCUT2D eigenvalue weighted by molar-refractivity contribution is -0.133. The second-order valence-electron chi connectivity index (χ2n) is 3.96. The van der Waals surface area contributed by atoms with Gasteiger partial charge in [-0.15, -0.1) is 0 Å². The van der Waals surface area contributed by atoms with Crippen molar-refractivity contribution in [3.05, 3.63) is 0 Å². The van der Waals surface area contributed by atoms with Crippen LogP contribution in [0.1, 0.15) is 39.0 Å². The first-order chi connectivity index (χ1) is 6.20. The van der Waals surface area contributed by atoms with Gasteiger partial charge in [0.25, 0.3) is 0 Å². The molecular formula is C10H20N2O. The molecule has 1 aliphatic heterocycles. The fourth-order valence-corrected chi connectivity index (χ4v) is 1.70. The van der Waals surface area contributed by atoms with E-state index in [1.54, 1.807) is 0 Å². The summed E-state index contributed by atoms with van der Waals surface area (Å²) in [6, 6.07) is 0.264. The third-order valence-corrected chi connectivity index (χ3v) is 2.51. The minimum atomic E-state index is 0.264. The molecule has 0 radical (unpaired) electrons. The molecule has 13 heavy (non-hydrogen) atoms. The molecule has 3 nitrogen and oxygen atoms in total. The maximum Gasteiger partial charge on any atom is 0.222 e. The Bertz CT molecular complexity index is 168. The van der Waals surface area contributed by atoms with Crippen LogP contribution in [0.3, 0.4) is 0 Å². The molecule has 1 amide bonds. The van der Waals surface area contributed by atoms with E-state index in [2.05, 4.69) is 0 Å². The monoisotopic (exact) mass is 184 g/mol. The molecule has 1 atom stereocenters. The predicted octanol–water partition coefficient (Wildman–Crippen LogP) is 1.13. The van der Waals surface area contributed by atoms with Crippen LogP contribution in [0.4, 0.5) is 0 Å². The highest BCUT2D eigenvalue weighted by Gasteiger charge is 2.16. The highest BCUT2D eigenvalue weighted by molar-refractivity contribution is 5.76. The lowest BCUT2D eigenvalue weighted by atomic mass is 10.1. The van der Waals surface area contributed by atoms with Gasteiger partial charge in [0.2, 0.25) is 5.91 Å². The zero-order valence-corrected chi connectivity index (χ0v) is 8.46. The van der Waals surface area contributed by atoms with Crippen LogP contribution in [0.15, 0.2) is 0 Å². The second kappa shape index (κ2) is 5.22. The molecule has 0 aliphatic carbocycles. The highest BCUT2D eigenvalue weighted by Crippen LogP contribution is 2.11. The number of piperidine rings is 1. The van der Waals surface area contributed by atoms with Crippen molar-refractivity contribution in [1.29, 1.82) is 0 Å². The Kier molecular flexibility index (Phi) is 4.22. The summed E-state index contributed by atoms with van der Waals surface area (Å²) in [5, 5.41) is 0. The topological polar surface area (TPSA) is 46.3 Å². The zero-order valence-electron chi connectivity index (χ0n) is 8.46. The van der Waals surface area contributed by atoms with Gasteiger partial charge in [0.15, 0.2) is 0 Å². The predicted molar refractivity (Wildman–Crippen MR) is 53.3 cm³/mol. The van der Waals surface area contributed by atoms with Crippen molar-refractivity contribution in [3.63, 3.8) is 0 Å². The summed E-state index contributed by atoms with van der Waals surface area (Å²) in [4.78, 5) is 13.3. The van der Waals surface area contributed by atoms with Crippen LogP contribution in [0, 0.1) is 0 Å². The number of nitrogens with zero attached hydrogens (tertiary/aromatic N) is 1. The van der Waals surface area contributed by atoms with Crippen molar-refractivity contribution in [2.75, 3.05) is 13.1 Å². The van der Waals surface area contributed by atoms with E-state index in [-0.39, 0.29) is 6.04 Å². The fourth-order valence-electron chi connectivity index (χ4n) is 1.70. The van der Waals surface area contributed by atoms with Gasteiger partial charge in [0.05, 0.1) is 0 Å². The average molecular weight is 184 g/mol. The van der Waals surface area contributed by atoms with Crippen molar-refractivity contribution < 1.29 is 4.79 Å². The van der Waals surface area contributed by atoms with Crippen LogP contribution in [-0.2, 0) is 4.79 Å². The van der Waals surface area contributed by atoms with Gasteiger partial charge in [-0.3, -0.25) is 4.79 Å². The lowest BCUT2D eigenvalue weighted by Gasteiger charge is -2.26. The van der Waals surface area contributed by atoms with E-state index >= 15 is 0 Å². The number of nitrogens with two attached hydrogens (primary N) is 1. The van der Waals surface area contributed by atoms with Gasteiger partial charge in [-0.25, -0.2) is 0 Å². The molecule has 3 heteroatoms. The van der Waals surface area contributed by atoms with Crippen molar-refractivity contribution in [2.45, 2.75) is 45.1 Å². The minimum absolute atomic E-state index is 0.264. The first kappa shape index (κ1) is 10.5. The van der Waals surface area contributed by atoms with Crippen LogP contribution in [-0.4, -0.2) is 29.9 Å². The molecule has 1 heterocycles. The van der Waals surface area contributed by atoms with Crippen LogP contribution >= 0.6 is 0 Å². The minimum Gasteiger partial charge on any atom is -0.343 e. The summed E-state index contributed by atoms with van der Waals surface area (Å²) in [6.45, 7) is 3.87. The van der Waals surface area contributed by atoms with Crippen LogP contribution in [0.5, 0.6) is 0 Å². The Morgan fingerprint density at radius 3 is 2.92 bits per heavy atom. The highest BCUT2D eigenvalue weighted by atomic mass is 16.2. The Balaban J connectivity index is 2.15. The molecule has 0 spiro atoms. The fraction of sp³-hybridized carbons (Fsp3) is 0.900. The third-order valence-electron chi connectivity index (χ3n) is 2.51. The van der Waals surface area contributed by atoms with Crippen molar-refractivity contribution in [1.82, 2.24) is 4.90 Å². The largest absolute Gasteiger partial charge is 0.343 e. The summed E-state index contributed by atoms with van der Waals surface area (Å²) in [7, 11) is 0. The summed E-state index contributed by atoms with van der Waals surface area (Å²) in [6.07, 6.45) is 5.05. The van der Waals surface area contributed by atoms with E-state index in [4.69, 9.17) is 5.73 Å². The second-order valence-corrected chi connectivity index (χ2v) is 3.96. The van der Waals surface area contributed by atoms with Crippen LogP contribution in [0.25, 0.3) is 0 Å². The van der Waals surface area contributed by atoms with Gasteiger partial charge >= 0.3 is 0 Å². The maximum atomic E-state index is 11.4. The SMILES string of the molecule is CC(N)CCCN1CCCCC1=O. The van der Waals surface area contributed by atoms with Gasteiger partial charge in [-0.2, -0.15) is 0 Å². The normalized spacial score (nSPS) is 20.5. The van der Waals surface area contributed by atoms with Gasteiger partial charge in [0, 0.05) is 25.6 Å². The first-order valence-corrected chi connectivity index (χ1v) is 5.23.